The topological polar surface area (TPSA) is 85.5 Å². The van der Waals surface area contributed by atoms with Gasteiger partial charge in [0.05, 0.1) is 6.61 Å². The summed E-state index contributed by atoms with van der Waals surface area (Å²) in [5.41, 5.74) is 0. The Hall–Kier alpha value is -1.43. The summed E-state index contributed by atoms with van der Waals surface area (Å²) in [6, 6.07) is 0. The van der Waals surface area contributed by atoms with Crippen molar-refractivity contribution in [1.82, 2.24) is 10.1 Å². The summed E-state index contributed by atoms with van der Waals surface area (Å²) in [4.78, 5) is 14.6. The number of rotatable bonds is 3. The molecule has 1 N–H and O–H groups in total. The van der Waals surface area contributed by atoms with Crippen LogP contribution in [0.25, 0.3) is 0 Å². The van der Waals surface area contributed by atoms with Crippen molar-refractivity contribution in [1.29, 1.82) is 0 Å². The van der Waals surface area contributed by atoms with Crippen molar-refractivity contribution in [3.63, 3.8) is 0 Å². The van der Waals surface area contributed by atoms with Crippen molar-refractivity contribution in [3.05, 3.63) is 11.7 Å². The second-order valence-corrected chi connectivity index (χ2v) is 2.35. The summed E-state index contributed by atoms with van der Waals surface area (Å²) in [6.07, 6.45) is -0.879. The van der Waals surface area contributed by atoms with Crippen LogP contribution in [0.15, 0.2) is 4.52 Å². The zero-order chi connectivity index (χ0) is 9.84. The summed E-state index contributed by atoms with van der Waals surface area (Å²) in [6.45, 7) is 3.38. The highest BCUT2D eigenvalue weighted by Crippen LogP contribution is 2.08. The van der Waals surface area contributed by atoms with E-state index in [9.17, 15) is 4.79 Å². The molecular formula is C7H10N2O4. The van der Waals surface area contributed by atoms with Gasteiger partial charge in [0.15, 0.2) is 0 Å². The highest BCUT2D eigenvalue weighted by atomic mass is 16.5. The van der Waals surface area contributed by atoms with Crippen LogP contribution in [0.3, 0.4) is 0 Å². The van der Waals surface area contributed by atoms with Crippen LogP contribution in [0.2, 0.25) is 0 Å². The van der Waals surface area contributed by atoms with E-state index in [-0.39, 0.29) is 18.3 Å². The number of carbonyl (C=O) groups excluding carboxylic acids is 1. The van der Waals surface area contributed by atoms with Gasteiger partial charge >= 0.3 is 5.97 Å². The Labute approximate surface area is 74.5 Å². The minimum absolute atomic E-state index is 0.00283. The molecule has 6 heteroatoms. The summed E-state index contributed by atoms with van der Waals surface area (Å²) in [5, 5.41) is 12.3. The largest absolute Gasteiger partial charge is 0.460 e. The van der Waals surface area contributed by atoms with E-state index < -0.39 is 12.1 Å². The van der Waals surface area contributed by atoms with Gasteiger partial charge in [-0.1, -0.05) is 0 Å². The molecule has 0 spiro atoms. The Morgan fingerprint density at radius 2 is 2.46 bits per heavy atom. The van der Waals surface area contributed by atoms with E-state index in [0.717, 1.165) is 0 Å². The molecule has 0 aliphatic carbocycles. The Bertz CT molecular complexity index is 294. The molecule has 1 aromatic heterocycles. The first-order valence-corrected chi connectivity index (χ1v) is 3.84. The highest BCUT2D eigenvalue weighted by molar-refractivity contribution is 5.84. The number of aromatic nitrogens is 2. The predicted molar refractivity (Wildman–Crippen MR) is 40.9 cm³/mol. The molecule has 1 aromatic rings. The molecule has 0 saturated heterocycles. The fourth-order valence-electron chi connectivity index (χ4n) is 0.683. The van der Waals surface area contributed by atoms with Crippen LogP contribution in [0.1, 0.15) is 36.5 Å². The number of aliphatic hydroxyl groups excluding tert-OH is 1. The van der Waals surface area contributed by atoms with Crippen LogP contribution in [0.5, 0.6) is 0 Å². The van der Waals surface area contributed by atoms with E-state index in [1.807, 2.05) is 0 Å². The lowest BCUT2D eigenvalue weighted by molar-refractivity contribution is 0.0508. The van der Waals surface area contributed by atoms with Crippen molar-refractivity contribution >= 4 is 5.97 Å². The molecule has 1 atom stereocenters. The van der Waals surface area contributed by atoms with E-state index >= 15 is 0 Å². The molecule has 1 heterocycles. The first-order valence-electron chi connectivity index (χ1n) is 3.84. The van der Waals surface area contributed by atoms with Crippen LogP contribution in [-0.4, -0.2) is 27.8 Å². The molecule has 0 amide bonds. The van der Waals surface area contributed by atoms with Crippen LogP contribution < -0.4 is 0 Å². The first-order chi connectivity index (χ1) is 6.15. The summed E-state index contributed by atoms with van der Waals surface area (Å²) in [5.74, 6) is -0.820. The summed E-state index contributed by atoms with van der Waals surface area (Å²) >= 11 is 0. The van der Waals surface area contributed by atoms with Crippen LogP contribution >= 0.6 is 0 Å². The zero-order valence-electron chi connectivity index (χ0n) is 7.35. The average molecular weight is 186 g/mol. The zero-order valence-corrected chi connectivity index (χ0v) is 7.35. The summed E-state index contributed by atoms with van der Waals surface area (Å²) < 4.78 is 9.20. The molecule has 72 valence electrons. The maximum absolute atomic E-state index is 11.0. The minimum atomic E-state index is -0.879. The van der Waals surface area contributed by atoms with Crippen LogP contribution in [0.4, 0.5) is 0 Å². The molecule has 0 saturated carbocycles. The van der Waals surface area contributed by atoms with Crippen molar-refractivity contribution in [2.75, 3.05) is 6.61 Å². The van der Waals surface area contributed by atoms with Gasteiger partial charge in [0, 0.05) is 0 Å². The van der Waals surface area contributed by atoms with Gasteiger partial charge in [-0.3, -0.25) is 0 Å². The first kappa shape index (κ1) is 9.66. The number of esters is 1. The lowest BCUT2D eigenvalue weighted by atomic mass is 10.4. The van der Waals surface area contributed by atoms with Gasteiger partial charge in [0.1, 0.15) is 6.10 Å². The minimum Gasteiger partial charge on any atom is -0.460 e. The second-order valence-electron chi connectivity index (χ2n) is 2.35. The predicted octanol–water partition coefficient (Wildman–Crippen LogP) is 0.300. The lowest BCUT2D eigenvalue weighted by Gasteiger charge is -1.94. The van der Waals surface area contributed by atoms with Gasteiger partial charge < -0.3 is 14.4 Å². The Kier molecular flexibility index (Phi) is 2.97. The van der Waals surface area contributed by atoms with E-state index in [0.29, 0.717) is 0 Å². The Balaban J connectivity index is 2.73. The van der Waals surface area contributed by atoms with Gasteiger partial charge in [-0.05, 0) is 19.0 Å². The third-order valence-corrected chi connectivity index (χ3v) is 1.26. The third kappa shape index (κ3) is 2.25. The summed E-state index contributed by atoms with van der Waals surface area (Å²) in [7, 11) is 0. The molecule has 0 fully saturated rings. The van der Waals surface area contributed by atoms with E-state index in [1.165, 1.54) is 6.92 Å². The van der Waals surface area contributed by atoms with Gasteiger partial charge in [0.25, 0.3) is 11.7 Å². The van der Waals surface area contributed by atoms with Crippen LogP contribution in [-0.2, 0) is 4.74 Å². The quantitative estimate of drug-likeness (QED) is 0.683. The number of carbonyl (C=O) groups is 1. The monoisotopic (exact) mass is 186 g/mol. The molecule has 0 radical (unpaired) electrons. The highest BCUT2D eigenvalue weighted by Gasteiger charge is 2.17. The van der Waals surface area contributed by atoms with E-state index in [4.69, 9.17) is 5.11 Å². The normalized spacial score (nSPS) is 12.5. The lowest BCUT2D eigenvalue weighted by Crippen LogP contribution is -2.06. The standard InChI is InChI=1S/C7H10N2O4/c1-3-12-7(11)5-8-6(4(2)10)13-9-5/h4,10H,3H2,1-2H3/t4-/m0/s1. The van der Waals surface area contributed by atoms with Crippen LogP contribution in [0, 0.1) is 0 Å². The number of hydrogen-bond donors (Lipinski definition) is 1. The van der Waals surface area contributed by atoms with Gasteiger partial charge in [0.2, 0.25) is 0 Å². The molecule has 0 aromatic carbocycles. The maximum atomic E-state index is 11.0. The fraction of sp³-hybridized carbons (Fsp3) is 0.571. The smallest absolute Gasteiger partial charge is 0.379 e. The molecule has 0 aliphatic rings. The molecule has 13 heavy (non-hydrogen) atoms. The molecular weight excluding hydrogens is 176 g/mol. The van der Waals surface area contributed by atoms with Gasteiger partial charge in [-0.25, -0.2) is 4.79 Å². The second kappa shape index (κ2) is 3.99. The molecule has 0 aliphatic heterocycles. The van der Waals surface area contributed by atoms with Crippen molar-refractivity contribution < 1.29 is 19.2 Å². The number of ether oxygens (including phenoxy) is 1. The van der Waals surface area contributed by atoms with Gasteiger partial charge in [-0.15, -0.1) is 0 Å². The molecule has 0 bridgehead atoms. The number of nitrogens with zero attached hydrogens (tertiary/aromatic N) is 2. The average Bonchev–Trinajstić information content (AvgIpc) is 2.52. The van der Waals surface area contributed by atoms with E-state index in [2.05, 4.69) is 19.4 Å². The van der Waals surface area contributed by atoms with Crippen molar-refractivity contribution in [2.45, 2.75) is 20.0 Å². The van der Waals surface area contributed by atoms with Crippen molar-refractivity contribution in [2.24, 2.45) is 0 Å². The Morgan fingerprint density at radius 1 is 1.77 bits per heavy atom. The maximum Gasteiger partial charge on any atom is 0.379 e. The van der Waals surface area contributed by atoms with Gasteiger partial charge in [-0.2, -0.15) is 4.98 Å². The number of aliphatic hydroxyl groups is 1. The molecule has 6 nitrogen and oxygen atoms in total. The Morgan fingerprint density at radius 3 is 2.92 bits per heavy atom. The third-order valence-electron chi connectivity index (χ3n) is 1.26. The number of hydrogen-bond acceptors (Lipinski definition) is 6. The molecule has 1 rings (SSSR count). The van der Waals surface area contributed by atoms with E-state index in [1.54, 1.807) is 6.92 Å². The molecule has 0 unspecified atom stereocenters. The fourth-order valence-corrected chi connectivity index (χ4v) is 0.683. The SMILES string of the molecule is CCOC(=O)c1noc([C@H](C)O)n1. The van der Waals surface area contributed by atoms with Crippen molar-refractivity contribution in [3.8, 4) is 0 Å².